The molecule has 3 heteroatoms. The van der Waals surface area contributed by atoms with Crippen LogP contribution in [0.25, 0.3) is 0 Å². The lowest BCUT2D eigenvalue weighted by molar-refractivity contribution is 0.416. The van der Waals surface area contributed by atoms with E-state index in [1.54, 1.807) is 0 Å². The summed E-state index contributed by atoms with van der Waals surface area (Å²) in [4.78, 5) is 0. The number of rotatable bonds is 7. The van der Waals surface area contributed by atoms with E-state index in [0.29, 0.717) is 0 Å². The first kappa shape index (κ1) is 17.2. The maximum atomic E-state index is 3.62. The molecule has 0 aliphatic carbocycles. The van der Waals surface area contributed by atoms with Gasteiger partial charge in [-0.15, -0.1) is 0 Å². The predicted molar refractivity (Wildman–Crippen MR) is 91.8 cm³/mol. The Hall–Kier alpha value is 0.140. The molecule has 1 N–H and O–H groups in total. The molecule has 1 aromatic carbocycles. The minimum Gasteiger partial charge on any atom is -0.312 e. The second kappa shape index (κ2) is 8.43. The lowest BCUT2D eigenvalue weighted by Crippen LogP contribution is -2.36. The fourth-order valence-electron chi connectivity index (χ4n) is 1.99. The van der Waals surface area contributed by atoms with Crippen molar-refractivity contribution in [2.75, 3.05) is 6.54 Å². The summed E-state index contributed by atoms with van der Waals surface area (Å²) < 4.78 is 2.39. The summed E-state index contributed by atoms with van der Waals surface area (Å²) >= 11 is 7.14. The second-order valence-corrected chi connectivity index (χ2v) is 7.85. The zero-order valence-electron chi connectivity index (χ0n) is 12.2. The normalized spacial score (nSPS) is 11.8. The Labute approximate surface area is 134 Å². The molecule has 0 spiro atoms. The van der Waals surface area contributed by atoms with Crippen molar-refractivity contribution in [3.05, 3.63) is 32.7 Å². The molecule has 19 heavy (non-hydrogen) atoms. The van der Waals surface area contributed by atoms with Crippen molar-refractivity contribution in [2.45, 2.75) is 58.4 Å². The summed E-state index contributed by atoms with van der Waals surface area (Å²) in [7, 11) is 0. The van der Waals surface area contributed by atoms with Gasteiger partial charge in [-0.3, -0.25) is 0 Å². The Bertz CT molecular complexity index is 383. The van der Waals surface area contributed by atoms with Crippen LogP contribution in [0, 0.1) is 0 Å². The Balaban J connectivity index is 2.12. The van der Waals surface area contributed by atoms with Crippen LogP contribution in [0.5, 0.6) is 0 Å². The number of halogens is 2. The van der Waals surface area contributed by atoms with Crippen LogP contribution in [-0.2, 0) is 6.42 Å². The van der Waals surface area contributed by atoms with Crippen molar-refractivity contribution in [3.63, 3.8) is 0 Å². The van der Waals surface area contributed by atoms with E-state index < -0.39 is 0 Å². The SMILES string of the molecule is CC(C)(C)NCCCCCCc1cc(Br)ccc1Br. The van der Waals surface area contributed by atoms with Crippen LogP contribution >= 0.6 is 31.9 Å². The molecule has 0 saturated carbocycles. The topological polar surface area (TPSA) is 12.0 Å². The number of unbranched alkanes of at least 4 members (excludes halogenated alkanes) is 3. The third kappa shape index (κ3) is 8.11. The molecule has 0 fully saturated rings. The molecular weight excluding hydrogens is 366 g/mol. The largest absolute Gasteiger partial charge is 0.312 e. The van der Waals surface area contributed by atoms with E-state index >= 15 is 0 Å². The first-order valence-corrected chi connectivity index (χ1v) is 8.66. The van der Waals surface area contributed by atoms with Crippen LogP contribution in [0.15, 0.2) is 27.1 Å². The van der Waals surface area contributed by atoms with Crippen molar-refractivity contribution in [2.24, 2.45) is 0 Å². The molecule has 0 aromatic heterocycles. The van der Waals surface area contributed by atoms with E-state index in [1.807, 2.05) is 0 Å². The molecular formula is C16H25Br2N. The molecule has 1 nitrogen and oxygen atoms in total. The van der Waals surface area contributed by atoms with Gasteiger partial charge in [0, 0.05) is 14.5 Å². The Kier molecular flexibility index (Phi) is 7.63. The van der Waals surface area contributed by atoms with Crippen molar-refractivity contribution in [3.8, 4) is 0 Å². The van der Waals surface area contributed by atoms with Crippen molar-refractivity contribution in [1.82, 2.24) is 5.32 Å². The number of benzene rings is 1. The highest BCUT2D eigenvalue weighted by Gasteiger charge is 2.07. The summed E-state index contributed by atoms with van der Waals surface area (Å²) in [6.07, 6.45) is 6.33. The average molecular weight is 391 g/mol. The number of hydrogen-bond acceptors (Lipinski definition) is 1. The highest BCUT2D eigenvalue weighted by Crippen LogP contribution is 2.23. The van der Waals surface area contributed by atoms with Crippen molar-refractivity contribution >= 4 is 31.9 Å². The van der Waals surface area contributed by atoms with E-state index in [9.17, 15) is 0 Å². The average Bonchev–Trinajstić information content (AvgIpc) is 2.31. The van der Waals surface area contributed by atoms with Crippen LogP contribution in [0.4, 0.5) is 0 Å². The van der Waals surface area contributed by atoms with Crippen LogP contribution in [0.2, 0.25) is 0 Å². The Morgan fingerprint density at radius 3 is 2.37 bits per heavy atom. The molecule has 0 atom stereocenters. The van der Waals surface area contributed by atoms with Gasteiger partial charge in [0.2, 0.25) is 0 Å². The van der Waals surface area contributed by atoms with Gasteiger partial charge in [-0.2, -0.15) is 0 Å². The highest BCUT2D eigenvalue weighted by atomic mass is 79.9. The molecule has 108 valence electrons. The summed E-state index contributed by atoms with van der Waals surface area (Å²) in [6.45, 7) is 7.79. The number of nitrogens with one attached hydrogen (secondary N) is 1. The highest BCUT2D eigenvalue weighted by molar-refractivity contribution is 9.11. The molecule has 0 heterocycles. The molecule has 1 rings (SSSR count). The Morgan fingerprint density at radius 1 is 1.00 bits per heavy atom. The molecule has 0 saturated heterocycles. The van der Waals surface area contributed by atoms with E-state index in [4.69, 9.17) is 0 Å². The summed E-state index contributed by atoms with van der Waals surface area (Å²) in [6, 6.07) is 6.41. The molecule has 0 radical (unpaired) electrons. The number of hydrogen-bond donors (Lipinski definition) is 1. The smallest absolute Gasteiger partial charge is 0.0208 e. The van der Waals surface area contributed by atoms with Crippen LogP contribution < -0.4 is 5.32 Å². The van der Waals surface area contributed by atoms with Gasteiger partial charge < -0.3 is 5.32 Å². The summed E-state index contributed by atoms with van der Waals surface area (Å²) in [5.74, 6) is 0. The van der Waals surface area contributed by atoms with E-state index in [-0.39, 0.29) is 5.54 Å². The second-order valence-electron chi connectivity index (χ2n) is 6.08. The summed E-state index contributed by atoms with van der Waals surface area (Å²) in [5.41, 5.74) is 1.66. The minimum absolute atomic E-state index is 0.251. The molecule has 1 aromatic rings. The van der Waals surface area contributed by atoms with Crippen molar-refractivity contribution < 1.29 is 0 Å². The fourth-order valence-corrected chi connectivity index (χ4v) is 2.85. The quantitative estimate of drug-likeness (QED) is 0.588. The lowest BCUT2D eigenvalue weighted by atomic mass is 10.1. The first-order chi connectivity index (χ1) is 8.88. The van der Waals surface area contributed by atoms with Crippen LogP contribution in [0.3, 0.4) is 0 Å². The molecule has 0 bridgehead atoms. The van der Waals surface area contributed by atoms with E-state index in [0.717, 1.165) is 13.0 Å². The molecule has 0 unspecified atom stereocenters. The van der Waals surface area contributed by atoms with Gasteiger partial charge in [-0.05, 0) is 70.3 Å². The van der Waals surface area contributed by atoms with E-state index in [2.05, 4.69) is 76.1 Å². The zero-order valence-corrected chi connectivity index (χ0v) is 15.4. The van der Waals surface area contributed by atoms with Gasteiger partial charge >= 0.3 is 0 Å². The van der Waals surface area contributed by atoms with Gasteiger partial charge in [0.15, 0.2) is 0 Å². The lowest BCUT2D eigenvalue weighted by Gasteiger charge is -2.20. The first-order valence-electron chi connectivity index (χ1n) is 7.07. The maximum absolute atomic E-state index is 3.62. The molecule has 0 amide bonds. The third-order valence-corrected chi connectivity index (χ3v) is 4.30. The van der Waals surface area contributed by atoms with Gasteiger partial charge in [0.25, 0.3) is 0 Å². The Morgan fingerprint density at radius 2 is 1.68 bits per heavy atom. The van der Waals surface area contributed by atoms with Gasteiger partial charge in [-0.1, -0.05) is 44.7 Å². The summed E-state index contributed by atoms with van der Waals surface area (Å²) in [5, 5.41) is 3.53. The third-order valence-electron chi connectivity index (χ3n) is 3.04. The number of aryl methyl sites for hydroxylation is 1. The fraction of sp³-hybridized carbons (Fsp3) is 0.625. The van der Waals surface area contributed by atoms with E-state index in [1.165, 1.54) is 40.2 Å². The van der Waals surface area contributed by atoms with Crippen molar-refractivity contribution in [1.29, 1.82) is 0 Å². The van der Waals surface area contributed by atoms with Gasteiger partial charge in [-0.25, -0.2) is 0 Å². The molecule has 0 aliphatic rings. The molecule has 0 aliphatic heterocycles. The monoisotopic (exact) mass is 389 g/mol. The van der Waals surface area contributed by atoms with Gasteiger partial charge in [0.1, 0.15) is 0 Å². The standard InChI is InChI=1S/C16H25Br2N/c1-16(2,3)19-11-7-5-4-6-8-13-12-14(17)9-10-15(13)18/h9-10,12,19H,4-8,11H2,1-3H3. The van der Waals surface area contributed by atoms with Crippen LogP contribution in [-0.4, -0.2) is 12.1 Å². The van der Waals surface area contributed by atoms with Gasteiger partial charge in [0.05, 0.1) is 0 Å². The van der Waals surface area contributed by atoms with Crippen LogP contribution in [0.1, 0.15) is 52.0 Å². The maximum Gasteiger partial charge on any atom is 0.0208 e. The predicted octanol–water partition coefficient (Wildman–Crippen LogP) is 5.70. The minimum atomic E-state index is 0.251. The zero-order chi connectivity index (χ0) is 14.3.